The Kier molecular flexibility index (Phi) is 5.50. The molecular weight excluding hydrogens is 242 g/mol. The molecule has 0 radical (unpaired) electrons. The van der Waals surface area contributed by atoms with Crippen LogP contribution in [0.2, 0.25) is 0 Å². The Morgan fingerprint density at radius 3 is 1.89 bits per heavy atom. The van der Waals surface area contributed by atoms with Crippen molar-refractivity contribution < 1.29 is 10.2 Å². The van der Waals surface area contributed by atoms with Crippen molar-refractivity contribution in [3.63, 3.8) is 0 Å². The zero-order valence-corrected chi connectivity index (χ0v) is 10.6. The van der Waals surface area contributed by atoms with Gasteiger partial charge in [0.2, 0.25) is 0 Å². The summed E-state index contributed by atoms with van der Waals surface area (Å²) in [6.45, 7) is 0.546. The minimum Gasteiger partial charge on any atom is -0.504 e. The number of hydrogen-bond donors (Lipinski definition) is 5. The Balaban J connectivity index is 0.000000200. The van der Waals surface area contributed by atoms with Gasteiger partial charge in [0.05, 0.1) is 0 Å². The molecular formula is C14H19N3O2. The van der Waals surface area contributed by atoms with E-state index >= 15 is 0 Å². The summed E-state index contributed by atoms with van der Waals surface area (Å²) in [6, 6.07) is 11.9. The SMILES string of the molecule is NCCc1ccc(O)c(O)c1.Nc1cccc(N)c1. The standard InChI is InChI=1S/C8H11NO2.C6H8N2/c9-4-3-6-1-2-7(10)8(11)5-6;7-5-2-1-3-6(8)4-5/h1-2,5,10-11H,3-4,9H2;1-4H,7-8H2. The van der Waals surface area contributed by atoms with Gasteiger partial charge in [0.1, 0.15) is 0 Å². The van der Waals surface area contributed by atoms with E-state index in [1.165, 1.54) is 12.1 Å². The molecule has 19 heavy (non-hydrogen) atoms. The first-order valence-electron chi connectivity index (χ1n) is 5.85. The van der Waals surface area contributed by atoms with Crippen molar-refractivity contribution in [1.82, 2.24) is 0 Å². The number of nitrogens with two attached hydrogens (primary N) is 3. The molecule has 2 aromatic carbocycles. The summed E-state index contributed by atoms with van der Waals surface area (Å²) < 4.78 is 0. The van der Waals surface area contributed by atoms with Gasteiger partial charge in [-0.2, -0.15) is 0 Å². The van der Waals surface area contributed by atoms with E-state index in [1.807, 2.05) is 6.07 Å². The monoisotopic (exact) mass is 261 g/mol. The molecule has 102 valence electrons. The predicted octanol–water partition coefficient (Wildman–Crippen LogP) is 1.45. The number of nitrogen functional groups attached to an aromatic ring is 2. The van der Waals surface area contributed by atoms with Crippen molar-refractivity contribution in [3.05, 3.63) is 48.0 Å². The minimum absolute atomic E-state index is 0.0871. The van der Waals surface area contributed by atoms with Gasteiger partial charge in [-0.3, -0.25) is 0 Å². The summed E-state index contributed by atoms with van der Waals surface area (Å²) >= 11 is 0. The van der Waals surface area contributed by atoms with Crippen LogP contribution < -0.4 is 17.2 Å². The van der Waals surface area contributed by atoms with Gasteiger partial charge in [0.15, 0.2) is 11.5 Å². The van der Waals surface area contributed by atoms with E-state index in [-0.39, 0.29) is 11.5 Å². The lowest BCUT2D eigenvalue weighted by Gasteiger charge is -2.00. The van der Waals surface area contributed by atoms with Gasteiger partial charge < -0.3 is 27.4 Å². The fraction of sp³-hybridized carbons (Fsp3) is 0.143. The zero-order valence-electron chi connectivity index (χ0n) is 10.6. The van der Waals surface area contributed by atoms with Crippen LogP contribution in [-0.4, -0.2) is 16.8 Å². The van der Waals surface area contributed by atoms with Crippen LogP contribution in [0, 0.1) is 0 Å². The number of hydrogen-bond acceptors (Lipinski definition) is 5. The van der Waals surface area contributed by atoms with Crippen molar-refractivity contribution in [2.45, 2.75) is 6.42 Å². The average Bonchev–Trinajstić information content (AvgIpc) is 2.35. The van der Waals surface area contributed by atoms with Gasteiger partial charge in [-0.1, -0.05) is 12.1 Å². The quantitative estimate of drug-likeness (QED) is 0.414. The van der Waals surface area contributed by atoms with Crippen molar-refractivity contribution in [1.29, 1.82) is 0 Å². The second-order valence-corrected chi connectivity index (χ2v) is 4.03. The molecule has 0 saturated heterocycles. The Morgan fingerprint density at radius 1 is 0.842 bits per heavy atom. The van der Waals surface area contributed by atoms with Gasteiger partial charge in [0, 0.05) is 11.4 Å². The lowest BCUT2D eigenvalue weighted by Crippen LogP contribution is -2.02. The lowest BCUT2D eigenvalue weighted by atomic mass is 10.1. The number of phenols is 2. The van der Waals surface area contributed by atoms with Gasteiger partial charge in [0.25, 0.3) is 0 Å². The van der Waals surface area contributed by atoms with E-state index in [9.17, 15) is 0 Å². The first-order chi connectivity index (χ1) is 9.02. The van der Waals surface area contributed by atoms with Gasteiger partial charge in [-0.25, -0.2) is 0 Å². The minimum atomic E-state index is -0.0919. The maximum Gasteiger partial charge on any atom is 0.157 e. The normalized spacial score (nSPS) is 9.53. The number of benzene rings is 2. The Morgan fingerprint density at radius 2 is 1.47 bits per heavy atom. The molecule has 0 atom stereocenters. The second-order valence-electron chi connectivity index (χ2n) is 4.03. The van der Waals surface area contributed by atoms with Crippen LogP contribution in [0.5, 0.6) is 11.5 Å². The molecule has 0 aromatic heterocycles. The topological polar surface area (TPSA) is 119 Å². The van der Waals surface area contributed by atoms with Crippen LogP contribution >= 0.6 is 0 Å². The van der Waals surface area contributed by atoms with Crippen LogP contribution in [0.15, 0.2) is 42.5 Å². The third-order valence-electron chi connectivity index (χ3n) is 2.38. The molecule has 0 aliphatic carbocycles. The van der Waals surface area contributed by atoms with E-state index in [0.29, 0.717) is 24.3 Å². The molecule has 2 aromatic rings. The molecule has 0 aliphatic rings. The van der Waals surface area contributed by atoms with Crippen molar-refractivity contribution in [3.8, 4) is 11.5 Å². The van der Waals surface area contributed by atoms with Crippen LogP contribution in [0.4, 0.5) is 11.4 Å². The molecule has 0 aliphatic heterocycles. The van der Waals surface area contributed by atoms with Crippen molar-refractivity contribution in [2.75, 3.05) is 18.0 Å². The molecule has 0 amide bonds. The van der Waals surface area contributed by atoms with Gasteiger partial charge in [-0.15, -0.1) is 0 Å². The number of phenolic OH excluding ortho intramolecular Hbond substituents is 2. The number of rotatable bonds is 2. The fourth-order valence-electron chi connectivity index (χ4n) is 1.45. The number of aromatic hydroxyl groups is 2. The maximum absolute atomic E-state index is 9.04. The van der Waals surface area contributed by atoms with Crippen LogP contribution in [-0.2, 0) is 6.42 Å². The van der Waals surface area contributed by atoms with Crippen LogP contribution in [0.1, 0.15) is 5.56 Å². The molecule has 0 unspecified atom stereocenters. The maximum atomic E-state index is 9.04. The predicted molar refractivity (Wildman–Crippen MR) is 77.8 cm³/mol. The van der Waals surface area contributed by atoms with E-state index in [2.05, 4.69) is 0 Å². The summed E-state index contributed by atoms with van der Waals surface area (Å²) in [7, 11) is 0. The summed E-state index contributed by atoms with van der Waals surface area (Å²) in [4.78, 5) is 0. The molecule has 0 fully saturated rings. The lowest BCUT2D eigenvalue weighted by molar-refractivity contribution is 0.403. The highest BCUT2D eigenvalue weighted by atomic mass is 16.3. The molecule has 5 heteroatoms. The zero-order chi connectivity index (χ0) is 14.3. The largest absolute Gasteiger partial charge is 0.504 e. The number of anilines is 2. The first-order valence-corrected chi connectivity index (χ1v) is 5.85. The van der Waals surface area contributed by atoms with Gasteiger partial charge in [-0.05, 0) is 48.9 Å². The van der Waals surface area contributed by atoms with E-state index < -0.39 is 0 Å². The van der Waals surface area contributed by atoms with E-state index in [4.69, 9.17) is 27.4 Å². The third-order valence-corrected chi connectivity index (χ3v) is 2.38. The second kappa shape index (κ2) is 7.13. The molecule has 0 spiro atoms. The van der Waals surface area contributed by atoms with E-state index in [1.54, 1.807) is 24.3 Å². The Labute approximate surface area is 112 Å². The first kappa shape index (κ1) is 14.7. The molecule has 0 heterocycles. The molecule has 0 saturated carbocycles. The molecule has 8 N–H and O–H groups in total. The Bertz CT molecular complexity index is 513. The highest BCUT2D eigenvalue weighted by molar-refractivity contribution is 5.50. The summed E-state index contributed by atoms with van der Waals surface area (Å²) in [5.74, 6) is -0.179. The summed E-state index contributed by atoms with van der Waals surface area (Å²) in [6.07, 6.45) is 0.716. The third kappa shape index (κ3) is 5.18. The van der Waals surface area contributed by atoms with Crippen LogP contribution in [0.3, 0.4) is 0 Å². The van der Waals surface area contributed by atoms with Gasteiger partial charge >= 0.3 is 0 Å². The highest BCUT2D eigenvalue weighted by Gasteiger charge is 1.98. The highest BCUT2D eigenvalue weighted by Crippen LogP contribution is 2.24. The Hall–Kier alpha value is -2.40. The average molecular weight is 261 g/mol. The van der Waals surface area contributed by atoms with Crippen LogP contribution in [0.25, 0.3) is 0 Å². The van der Waals surface area contributed by atoms with E-state index in [0.717, 1.165) is 5.56 Å². The smallest absolute Gasteiger partial charge is 0.157 e. The molecule has 5 nitrogen and oxygen atoms in total. The summed E-state index contributed by atoms with van der Waals surface area (Å²) in [5.41, 5.74) is 18.4. The van der Waals surface area contributed by atoms with Crippen molar-refractivity contribution >= 4 is 11.4 Å². The van der Waals surface area contributed by atoms with Crippen molar-refractivity contribution in [2.24, 2.45) is 5.73 Å². The molecule has 2 rings (SSSR count). The molecule has 0 bridgehead atoms. The fourth-order valence-corrected chi connectivity index (χ4v) is 1.45. The summed E-state index contributed by atoms with van der Waals surface area (Å²) in [5, 5.41) is 18.0.